The standard InChI is InChI=1S/C14H10ClN3O3S/c1-6-4-8-10(13(20)16-6)7(5-9(19)21-8)11-12(15)17-14-18(11)2-3-22-14/h2-4,7H,5H2,1H3,(H,16,20)/t7-/m1/s1. The van der Waals surface area contributed by atoms with E-state index in [9.17, 15) is 9.59 Å². The minimum atomic E-state index is -0.474. The number of hydrogen-bond donors (Lipinski definition) is 1. The van der Waals surface area contributed by atoms with Crippen LogP contribution in [0.3, 0.4) is 0 Å². The van der Waals surface area contributed by atoms with Gasteiger partial charge in [0.05, 0.1) is 17.7 Å². The number of nitrogens with zero attached hydrogens (tertiary/aromatic N) is 2. The fourth-order valence-corrected chi connectivity index (χ4v) is 3.91. The van der Waals surface area contributed by atoms with Crippen LogP contribution >= 0.6 is 22.9 Å². The van der Waals surface area contributed by atoms with Gasteiger partial charge in [0.15, 0.2) is 10.1 Å². The number of carbonyl (C=O) groups is 1. The van der Waals surface area contributed by atoms with E-state index in [1.807, 2.05) is 16.0 Å². The predicted octanol–water partition coefficient (Wildman–Crippen LogP) is 2.49. The number of hydrogen-bond acceptors (Lipinski definition) is 5. The van der Waals surface area contributed by atoms with Crippen molar-refractivity contribution in [2.24, 2.45) is 0 Å². The minimum Gasteiger partial charge on any atom is -0.426 e. The molecule has 3 aromatic rings. The topological polar surface area (TPSA) is 76.5 Å². The van der Waals surface area contributed by atoms with Crippen molar-refractivity contribution in [3.8, 4) is 5.75 Å². The van der Waals surface area contributed by atoms with E-state index in [4.69, 9.17) is 16.3 Å². The summed E-state index contributed by atoms with van der Waals surface area (Å²) in [5, 5.41) is 2.18. The largest absolute Gasteiger partial charge is 0.426 e. The number of thiazole rings is 1. The van der Waals surface area contributed by atoms with Crippen LogP contribution in [0, 0.1) is 6.92 Å². The zero-order valence-electron chi connectivity index (χ0n) is 11.4. The second-order valence-electron chi connectivity index (χ2n) is 5.13. The van der Waals surface area contributed by atoms with Crippen molar-refractivity contribution in [2.75, 3.05) is 0 Å². The Morgan fingerprint density at radius 1 is 1.50 bits per heavy atom. The molecule has 0 amide bonds. The molecule has 0 radical (unpaired) electrons. The fourth-order valence-electron chi connectivity index (χ4n) is 2.84. The molecule has 0 saturated carbocycles. The highest BCUT2D eigenvalue weighted by atomic mass is 35.5. The number of aryl methyl sites for hydroxylation is 1. The van der Waals surface area contributed by atoms with E-state index in [0.29, 0.717) is 27.9 Å². The lowest BCUT2D eigenvalue weighted by molar-refractivity contribution is -0.135. The first-order valence-corrected chi connectivity index (χ1v) is 7.86. The second kappa shape index (κ2) is 4.69. The molecule has 0 saturated heterocycles. The SMILES string of the molecule is Cc1cc2c(c(=O)[nH]1)[C@H](c1c(Cl)nc3sccn13)CC(=O)O2. The minimum absolute atomic E-state index is 0.0580. The van der Waals surface area contributed by atoms with Crippen LogP contribution < -0.4 is 10.3 Å². The van der Waals surface area contributed by atoms with E-state index >= 15 is 0 Å². The summed E-state index contributed by atoms with van der Waals surface area (Å²) in [4.78, 5) is 32.1. The van der Waals surface area contributed by atoms with Crippen molar-refractivity contribution in [2.45, 2.75) is 19.3 Å². The van der Waals surface area contributed by atoms with Crippen LogP contribution in [-0.4, -0.2) is 20.3 Å². The van der Waals surface area contributed by atoms with Gasteiger partial charge in [-0.3, -0.25) is 14.0 Å². The molecule has 0 aromatic carbocycles. The number of aromatic nitrogens is 3. The summed E-state index contributed by atoms with van der Waals surface area (Å²) in [6.07, 6.45) is 1.89. The Hall–Kier alpha value is -2.12. The highest BCUT2D eigenvalue weighted by Gasteiger charge is 2.35. The zero-order valence-corrected chi connectivity index (χ0v) is 13.0. The molecule has 1 aliphatic heterocycles. The highest BCUT2D eigenvalue weighted by Crippen LogP contribution is 2.40. The molecular weight excluding hydrogens is 326 g/mol. The number of ether oxygens (including phenoxy) is 1. The lowest BCUT2D eigenvalue weighted by atomic mass is 9.91. The molecule has 22 heavy (non-hydrogen) atoms. The number of halogens is 1. The van der Waals surface area contributed by atoms with Gasteiger partial charge in [0.25, 0.3) is 5.56 Å². The summed E-state index contributed by atoms with van der Waals surface area (Å²) in [7, 11) is 0. The Morgan fingerprint density at radius 2 is 2.32 bits per heavy atom. The number of H-pyrrole nitrogens is 1. The monoisotopic (exact) mass is 335 g/mol. The Morgan fingerprint density at radius 3 is 3.14 bits per heavy atom. The number of esters is 1. The van der Waals surface area contributed by atoms with Crippen molar-refractivity contribution >= 4 is 33.9 Å². The second-order valence-corrected chi connectivity index (χ2v) is 6.36. The van der Waals surface area contributed by atoms with Gasteiger partial charge in [-0.05, 0) is 6.92 Å². The smallest absolute Gasteiger partial charge is 0.312 e. The molecular formula is C14H10ClN3O3S. The molecule has 1 aliphatic rings. The molecule has 6 nitrogen and oxygen atoms in total. The first-order chi connectivity index (χ1) is 10.5. The Balaban J connectivity index is 2.01. The van der Waals surface area contributed by atoms with Gasteiger partial charge in [-0.2, -0.15) is 0 Å². The van der Waals surface area contributed by atoms with E-state index in [2.05, 4.69) is 9.97 Å². The number of imidazole rings is 1. The number of pyridine rings is 1. The zero-order chi connectivity index (χ0) is 15.4. The molecule has 1 atom stereocenters. The molecule has 0 fully saturated rings. The third-order valence-corrected chi connectivity index (χ3v) is 4.73. The van der Waals surface area contributed by atoms with E-state index in [-0.39, 0.29) is 17.9 Å². The van der Waals surface area contributed by atoms with E-state index in [0.717, 1.165) is 4.96 Å². The summed E-state index contributed by atoms with van der Waals surface area (Å²) in [6, 6.07) is 1.65. The number of fused-ring (bicyclic) bond motifs is 2. The molecule has 0 aliphatic carbocycles. The van der Waals surface area contributed by atoms with Gasteiger partial charge < -0.3 is 9.72 Å². The molecule has 112 valence electrons. The van der Waals surface area contributed by atoms with Crippen LogP contribution in [0.5, 0.6) is 5.75 Å². The van der Waals surface area contributed by atoms with E-state index in [1.165, 1.54) is 11.3 Å². The van der Waals surface area contributed by atoms with Crippen LogP contribution in [0.25, 0.3) is 4.96 Å². The number of carbonyl (C=O) groups excluding carboxylic acids is 1. The van der Waals surface area contributed by atoms with E-state index in [1.54, 1.807) is 13.0 Å². The molecule has 0 spiro atoms. The first kappa shape index (κ1) is 13.5. The Bertz CT molecular complexity index is 972. The molecule has 8 heteroatoms. The van der Waals surface area contributed by atoms with Crippen molar-refractivity contribution in [1.29, 1.82) is 0 Å². The summed E-state index contributed by atoms with van der Waals surface area (Å²) in [5.74, 6) is -0.565. The normalized spacial score (nSPS) is 17.5. The summed E-state index contributed by atoms with van der Waals surface area (Å²) in [6.45, 7) is 1.74. The molecule has 1 N–H and O–H groups in total. The first-order valence-electron chi connectivity index (χ1n) is 6.60. The molecule has 4 heterocycles. The third-order valence-electron chi connectivity index (χ3n) is 3.70. The summed E-state index contributed by atoms with van der Waals surface area (Å²) in [5.41, 5.74) is 1.43. The molecule has 4 rings (SSSR count). The van der Waals surface area contributed by atoms with Gasteiger partial charge in [-0.1, -0.05) is 11.6 Å². The molecule has 3 aromatic heterocycles. The van der Waals surface area contributed by atoms with Gasteiger partial charge in [0, 0.05) is 29.3 Å². The van der Waals surface area contributed by atoms with Crippen LogP contribution in [0.4, 0.5) is 0 Å². The van der Waals surface area contributed by atoms with Gasteiger partial charge in [0.1, 0.15) is 5.75 Å². The maximum Gasteiger partial charge on any atom is 0.312 e. The van der Waals surface area contributed by atoms with Gasteiger partial charge in [-0.25, -0.2) is 4.98 Å². The summed E-state index contributed by atoms with van der Waals surface area (Å²) < 4.78 is 7.04. The van der Waals surface area contributed by atoms with Crippen molar-refractivity contribution in [3.63, 3.8) is 0 Å². The number of rotatable bonds is 1. The van der Waals surface area contributed by atoms with Crippen molar-refractivity contribution < 1.29 is 9.53 Å². The fraction of sp³-hybridized carbons (Fsp3) is 0.214. The van der Waals surface area contributed by atoms with Crippen LogP contribution in [-0.2, 0) is 4.79 Å². The van der Waals surface area contributed by atoms with Crippen LogP contribution in [0.1, 0.15) is 29.3 Å². The van der Waals surface area contributed by atoms with Crippen LogP contribution in [0.2, 0.25) is 5.15 Å². The average molecular weight is 336 g/mol. The predicted molar refractivity (Wildman–Crippen MR) is 82.0 cm³/mol. The van der Waals surface area contributed by atoms with Crippen molar-refractivity contribution in [3.05, 3.63) is 50.1 Å². The van der Waals surface area contributed by atoms with Gasteiger partial charge in [-0.15, -0.1) is 11.3 Å². The highest BCUT2D eigenvalue weighted by molar-refractivity contribution is 7.15. The van der Waals surface area contributed by atoms with Crippen molar-refractivity contribution in [1.82, 2.24) is 14.4 Å². The summed E-state index contributed by atoms with van der Waals surface area (Å²) >= 11 is 7.69. The quantitative estimate of drug-likeness (QED) is 0.693. The molecule has 0 bridgehead atoms. The average Bonchev–Trinajstić information content (AvgIpc) is 2.96. The lowest BCUT2D eigenvalue weighted by Crippen LogP contribution is -2.29. The lowest BCUT2D eigenvalue weighted by Gasteiger charge is -2.23. The maximum atomic E-state index is 12.4. The number of aromatic amines is 1. The van der Waals surface area contributed by atoms with Gasteiger partial charge >= 0.3 is 5.97 Å². The maximum absolute atomic E-state index is 12.4. The third kappa shape index (κ3) is 1.89. The Kier molecular flexibility index (Phi) is 2.88. The Labute approximate surface area is 133 Å². The molecule has 0 unspecified atom stereocenters. The van der Waals surface area contributed by atoms with E-state index < -0.39 is 5.92 Å². The van der Waals surface area contributed by atoms with Crippen LogP contribution in [0.15, 0.2) is 22.4 Å². The number of nitrogens with one attached hydrogen (secondary N) is 1. The van der Waals surface area contributed by atoms with Gasteiger partial charge in [0.2, 0.25) is 0 Å².